The predicted molar refractivity (Wildman–Crippen MR) is 107 cm³/mol. The number of benzene rings is 2. The summed E-state index contributed by atoms with van der Waals surface area (Å²) in [6, 6.07) is 15.1. The molecule has 0 saturated carbocycles. The molecule has 3 aromatic rings. The van der Waals surface area contributed by atoms with Crippen molar-refractivity contribution in [2.45, 2.75) is 18.9 Å². The average molecular weight is 378 g/mol. The van der Waals surface area contributed by atoms with Crippen LogP contribution < -0.4 is 14.8 Å². The zero-order chi connectivity index (χ0) is 19.3. The minimum atomic E-state index is -0.103. The minimum absolute atomic E-state index is 0.0187. The molecular formula is C21H22N4O3. The molecule has 0 atom stereocenters. The van der Waals surface area contributed by atoms with Crippen LogP contribution in [0.1, 0.15) is 12.8 Å². The van der Waals surface area contributed by atoms with Gasteiger partial charge in [0.1, 0.15) is 11.9 Å². The van der Waals surface area contributed by atoms with Crippen LogP contribution in [0.5, 0.6) is 11.6 Å². The number of nitrogens with zero attached hydrogens (tertiary/aromatic N) is 3. The van der Waals surface area contributed by atoms with Crippen molar-refractivity contribution in [3.63, 3.8) is 0 Å². The molecule has 7 heteroatoms. The number of methoxy groups -OCH3 is 1. The molecule has 0 unspecified atom stereocenters. The van der Waals surface area contributed by atoms with Crippen LogP contribution in [0, 0.1) is 0 Å². The Labute approximate surface area is 163 Å². The van der Waals surface area contributed by atoms with E-state index in [1.165, 1.54) is 0 Å². The second-order valence-electron chi connectivity index (χ2n) is 6.70. The van der Waals surface area contributed by atoms with Crippen LogP contribution in [-0.4, -0.2) is 47.4 Å². The number of nitrogens with one attached hydrogen (secondary N) is 1. The number of urea groups is 1. The third kappa shape index (κ3) is 3.98. The Morgan fingerprint density at radius 3 is 2.61 bits per heavy atom. The first kappa shape index (κ1) is 18.0. The van der Waals surface area contributed by atoms with Crippen LogP contribution in [0.2, 0.25) is 0 Å². The lowest BCUT2D eigenvalue weighted by atomic mass is 10.1. The summed E-state index contributed by atoms with van der Waals surface area (Å²) in [4.78, 5) is 14.3. The number of piperidine rings is 1. The first-order chi connectivity index (χ1) is 13.7. The lowest BCUT2D eigenvalue weighted by Gasteiger charge is -2.32. The van der Waals surface area contributed by atoms with Crippen LogP contribution in [0.15, 0.2) is 54.7 Å². The first-order valence-corrected chi connectivity index (χ1v) is 9.30. The highest BCUT2D eigenvalue weighted by Gasteiger charge is 2.25. The summed E-state index contributed by atoms with van der Waals surface area (Å²) < 4.78 is 11.2. The molecule has 0 radical (unpaired) electrons. The molecule has 2 amide bonds. The Morgan fingerprint density at radius 1 is 1.11 bits per heavy atom. The molecule has 4 rings (SSSR count). The zero-order valence-corrected chi connectivity index (χ0v) is 15.7. The van der Waals surface area contributed by atoms with Crippen molar-refractivity contribution >= 4 is 22.5 Å². The van der Waals surface area contributed by atoms with Gasteiger partial charge in [0.2, 0.25) is 5.88 Å². The number of anilines is 1. The summed E-state index contributed by atoms with van der Waals surface area (Å²) in [5, 5.41) is 13.1. The molecule has 28 heavy (non-hydrogen) atoms. The molecule has 2 aromatic carbocycles. The molecule has 0 bridgehead atoms. The molecule has 1 aliphatic heterocycles. The first-order valence-electron chi connectivity index (χ1n) is 9.30. The molecule has 144 valence electrons. The van der Waals surface area contributed by atoms with Gasteiger partial charge in [-0.05, 0) is 30.3 Å². The minimum Gasteiger partial charge on any atom is -0.497 e. The number of hydrogen-bond acceptors (Lipinski definition) is 5. The number of ether oxygens (including phenoxy) is 2. The van der Waals surface area contributed by atoms with Gasteiger partial charge in [0.25, 0.3) is 0 Å². The smallest absolute Gasteiger partial charge is 0.321 e. The van der Waals surface area contributed by atoms with Crippen molar-refractivity contribution in [3.05, 3.63) is 54.7 Å². The SMILES string of the molecule is COc1ccc(NC(=O)N2CCC(Oc3nncc4ccccc34)CC2)cc1. The van der Waals surface area contributed by atoms with Crippen molar-refractivity contribution in [1.82, 2.24) is 15.1 Å². The fourth-order valence-corrected chi connectivity index (χ4v) is 3.30. The lowest BCUT2D eigenvalue weighted by molar-refractivity contribution is 0.112. The predicted octanol–water partition coefficient (Wildman–Crippen LogP) is 3.71. The van der Waals surface area contributed by atoms with Gasteiger partial charge in [-0.25, -0.2) is 4.79 Å². The van der Waals surface area contributed by atoms with E-state index >= 15 is 0 Å². The Kier molecular flexibility index (Phi) is 5.23. The van der Waals surface area contributed by atoms with E-state index in [1.54, 1.807) is 18.2 Å². The van der Waals surface area contributed by atoms with Crippen molar-refractivity contribution in [1.29, 1.82) is 0 Å². The quantitative estimate of drug-likeness (QED) is 0.749. The normalized spacial score (nSPS) is 14.7. The van der Waals surface area contributed by atoms with Crippen LogP contribution in [-0.2, 0) is 0 Å². The summed E-state index contributed by atoms with van der Waals surface area (Å²) in [7, 11) is 1.61. The second-order valence-corrected chi connectivity index (χ2v) is 6.70. The van der Waals surface area contributed by atoms with Crippen LogP contribution in [0.4, 0.5) is 10.5 Å². The fourth-order valence-electron chi connectivity index (χ4n) is 3.30. The van der Waals surface area contributed by atoms with Crippen LogP contribution in [0.3, 0.4) is 0 Å². The number of carbonyl (C=O) groups is 1. The van der Waals surface area contributed by atoms with E-state index in [2.05, 4.69) is 15.5 Å². The van der Waals surface area contributed by atoms with Crippen molar-refractivity contribution in [2.24, 2.45) is 0 Å². The van der Waals surface area contributed by atoms with Gasteiger partial charge in [-0.1, -0.05) is 18.2 Å². The van der Waals surface area contributed by atoms with Crippen LogP contribution in [0.25, 0.3) is 10.8 Å². The van der Waals surface area contributed by atoms with Gasteiger partial charge < -0.3 is 19.7 Å². The topological polar surface area (TPSA) is 76.6 Å². The number of aromatic nitrogens is 2. The standard InChI is InChI=1S/C21H22N4O3/c1-27-17-8-6-16(7-9-17)23-21(26)25-12-10-18(11-13-25)28-20-19-5-3-2-4-15(19)14-22-24-20/h2-9,14,18H,10-13H2,1H3,(H,23,26). The van der Waals surface area contributed by atoms with E-state index in [0.29, 0.717) is 19.0 Å². The molecular weight excluding hydrogens is 356 g/mol. The molecule has 0 aliphatic carbocycles. The number of likely N-dealkylation sites (tertiary alicyclic amines) is 1. The van der Waals surface area contributed by atoms with Gasteiger partial charge >= 0.3 is 6.03 Å². The fraction of sp³-hybridized carbons (Fsp3) is 0.286. The van der Waals surface area contributed by atoms with Gasteiger partial charge in [0.05, 0.1) is 13.3 Å². The third-order valence-electron chi connectivity index (χ3n) is 4.89. The van der Waals surface area contributed by atoms with Crippen molar-refractivity contribution < 1.29 is 14.3 Å². The summed E-state index contributed by atoms with van der Waals surface area (Å²) in [5.74, 6) is 1.31. The van der Waals surface area contributed by atoms with E-state index in [0.717, 1.165) is 35.1 Å². The molecule has 1 aliphatic rings. The summed E-state index contributed by atoms with van der Waals surface area (Å²) >= 11 is 0. The molecule has 1 fully saturated rings. The Hall–Kier alpha value is -3.35. The average Bonchev–Trinajstić information content (AvgIpc) is 2.75. The summed E-state index contributed by atoms with van der Waals surface area (Å²) in [6.45, 7) is 1.26. The molecule has 2 heterocycles. The number of carbonyl (C=O) groups excluding carboxylic acids is 1. The maximum atomic E-state index is 12.5. The lowest BCUT2D eigenvalue weighted by Crippen LogP contribution is -2.43. The van der Waals surface area contributed by atoms with E-state index in [-0.39, 0.29) is 12.1 Å². The molecule has 1 aromatic heterocycles. The second kappa shape index (κ2) is 8.12. The highest BCUT2D eigenvalue weighted by Crippen LogP contribution is 2.25. The summed E-state index contributed by atoms with van der Waals surface area (Å²) in [6.07, 6.45) is 3.25. The maximum absolute atomic E-state index is 12.5. The Morgan fingerprint density at radius 2 is 1.86 bits per heavy atom. The van der Waals surface area contributed by atoms with Gasteiger partial charge in [-0.15, -0.1) is 5.10 Å². The number of rotatable bonds is 4. The molecule has 7 nitrogen and oxygen atoms in total. The largest absolute Gasteiger partial charge is 0.497 e. The monoisotopic (exact) mass is 378 g/mol. The number of amides is 2. The zero-order valence-electron chi connectivity index (χ0n) is 15.7. The highest BCUT2D eigenvalue weighted by atomic mass is 16.5. The van der Waals surface area contributed by atoms with E-state index in [4.69, 9.17) is 9.47 Å². The van der Waals surface area contributed by atoms with E-state index in [9.17, 15) is 4.79 Å². The summed E-state index contributed by atoms with van der Waals surface area (Å²) in [5.41, 5.74) is 0.746. The van der Waals surface area contributed by atoms with E-state index < -0.39 is 0 Å². The Balaban J connectivity index is 1.33. The van der Waals surface area contributed by atoms with Gasteiger partial charge in [-0.3, -0.25) is 0 Å². The molecule has 1 N–H and O–H groups in total. The third-order valence-corrected chi connectivity index (χ3v) is 4.89. The van der Waals surface area contributed by atoms with Gasteiger partial charge in [-0.2, -0.15) is 5.10 Å². The number of hydrogen-bond donors (Lipinski definition) is 1. The molecule has 0 spiro atoms. The van der Waals surface area contributed by atoms with E-state index in [1.807, 2.05) is 48.5 Å². The number of fused-ring (bicyclic) bond motifs is 1. The van der Waals surface area contributed by atoms with Gasteiger partial charge in [0.15, 0.2) is 0 Å². The van der Waals surface area contributed by atoms with Gasteiger partial charge in [0, 0.05) is 42.4 Å². The highest BCUT2D eigenvalue weighted by molar-refractivity contribution is 5.89. The maximum Gasteiger partial charge on any atom is 0.321 e. The Bertz CT molecular complexity index is 948. The van der Waals surface area contributed by atoms with Crippen molar-refractivity contribution in [3.8, 4) is 11.6 Å². The molecule has 1 saturated heterocycles. The van der Waals surface area contributed by atoms with Crippen molar-refractivity contribution in [2.75, 3.05) is 25.5 Å². The van der Waals surface area contributed by atoms with Crippen LogP contribution >= 0.6 is 0 Å².